The van der Waals surface area contributed by atoms with E-state index in [0.717, 1.165) is 12.2 Å². The molecule has 0 amide bonds. The standard InChI is InChI=1S/C9H13N7OS/c1-3-4-17-7-12-6(10)13-8(14-7)18-9-11-5(2)15-16-9/h3-4H2,1-2H3,(H,11,15,16)(H2,10,12,13,14). The zero-order valence-corrected chi connectivity index (χ0v) is 10.9. The highest BCUT2D eigenvalue weighted by Gasteiger charge is 2.09. The van der Waals surface area contributed by atoms with Crippen molar-refractivity contribution in [2.45, 2.75) is 30.6 Å². The third-order valence-corrected chi connectivity index (χ3v) is 2.54. The van der Waals surface area contributed by atoms with E-state index in [1.54, 1.807) is 0 Å². The molecule has 0 aliphatic heterocycles. The number of aromatic amines is 1. The third-order valence-electron chi connectivity index (χ3n) is 1.81. The number of rotatable bonds is 5. The molecule has 2 rings (SSSR count). The Morgan fingerprint density at radius 3 is 2.72 bits per heavy atom. The average Bonchev–Trinajstić information content (AvgIpc) is 2.71. The van der Waals surface area contributed by atoms with Crippen LogP contribution < -0.4 is 10.5 Å². The summed E-state index contributed by atoms with van der Waals surface area (Å²) >= 11 is 1.19. The van der Waals surface area contributed by atoms with Gasteiger partial charge in [0.15, 0.2) is 0 Å². The molecule has 8 nitrogen and oxygen atoms in total. The maximum Gasteiger partial charge on any atom is 0.322 e. The molecule has 0 bridgehead atoms. The number of nitrogens with two attached hydrogens (primary N) is 1. The van der Waals surface area contributed by atoms with Gasteiger partial charge in [-0.05, 0) is 25.1 Å². The van der Waals surface area contributed by atoms with Gasteiger partial charge >= 0.3 is 6.01 Å². The first-order chi connectivity index (χ1) is 8.67. The number of hydrogen-bond donors (Lipinski definition) is 2. The Labute approximate surface area is 108 Å². The maximum atomic E-state index is 5.59. The number of aromatic nitrogens is 6. The van der Waals surface area contributed by atoms with E-state index in [1.165, 1.54) is 11.8 Å². The van der Waals surface area contributed by atoms with E-state index in [9.17, 15) is 0 Å². The highest BCUT2D eigenvalue weighted by Crippen LogP contribution is 2.22. The summed E-state index contributed by atoms with van der Waals surface area (Å²) < 4.78 is 5.32. The van der Waals surface area contributed by atoms with Crippen LogP contribution in [0.3, 0.4) is 0 Å². The summed E-state index contributed by atoms with van der Waals surface area (Å²) in [5.74, 6) is 0.841. The summed E-state index contributed by atoms with van der Waals surface area (Å²) in [5.41, 5.74) is 5.59. The van der Waals surface area contributed by atoms with Crippen molar-refractivity contribution in [1.82, 2.24) is 30.1 Å². The first kappa shape index (κ1) is 12.6. The topological polar surface area (TPSA) is 115 Å². The van der Waals surface area contributed by atoms with Crippen molar-refractivity contribution in [3.8, 4) is 6.01 Å². The first-order valence-electron chi connectivity index (χ1n) is 5.38. The fourth-order valence-electron chi connectivity index (χ4n) is 1.11. The summed E-state index contributed by atoms with van der Waals surface area (Å²) in [5, 5.41) is 7.65. The molecule has 0 aromatic carbocycles. The van der Waals surface area contributed by atoms with E-state index in [4.69, 9.17) is 10.5 Å². The number of anilines is 1. The molecule has 2 aromatic rings. The van der Waals surface area contributed by atoms with Gasteiger partial charge in [0, 0.05) is 0 Å². The van der Waals surface area contributed by atoms with Crippen molar-refractivity contribution >= 4 is 17.7 Å². The molecular weight excluding hydrogens is 254 g/mol. The molecule has 0 fully saturated rings. The Balaban J connectivity index is 2.14. The van der Waals surface area contributed by atoms with E-state index in [-0.39, 0.29) is 12.0 Å². The molecule has 0 saturated heterocycles. The van der Waals surface area contributed by atoms with Crippen molar-refractivity contribution in [2.24, 2.45) is 0 Å². The molecule has 9 heteroatoms. The zero-order valence-electron chi connectivity index (χ0n) is 10.0. The fourth-order valence-corrected chi connectivity index (χ4v) is 1.81. The zero-order chi connectivity index (χ0) is 13.0. The van der Waals surface area contributed by atoms with E-state index in [2.05, 4.69) is 30.1 Å². The van der Waals surface area contributed by atoms with Crippen LogP contribution in [0.2, 0.25) is 0 Å². The number of H-pyrrole nitrogens is 1. The van der Waals surface area contributed by atoms with Gasteiger partial charge in [0.2, 0.25) is 16.3 Å². The Morgan fingerprint density at radius 1 is 1.22 bits per heavy atom. The van der Waals surface area contributed by atoms with Gasteiger partial charge in [-0.1, -0.05) is 6.92 Å². The first-order valence-corrected chi connectivity index (χ1v) is 6.20. The lowest BCUT2D eigenvalue weighted by atomic mass is 10.5. The van der Waals surface area contributed by atoms with E-state index >= 15 is 0 Å². The fraction of sp³-hybridized carbons (Fsp3) is 0.444. The molecule has 0 unspecified atom stereocenters. The molecule has 0 saturated carbocycles. The van der Waals surface area contributed by atoms with Crippen molar-refractivity contribution in [2.75, 3.05) is 12.3 Å². The molecule has 96 valence electrons. The van der Waals surface area contributed by atoms with Gasteiger partial charge in [0.1, 0.15) is 5.82 Å². The lowest BCUT2D eigenvalue weighted by Crippen LogP contribution is -2.05. The van der Waals surface area contributed by atoms with Gasteiger partial charge in [0.25, 0.3) is 0 Å². The lowest BCUT2D eigenvalue weighted by molar-refractivity contribution is 0.288. The van der Waals surface area contributed by atoms with Crippen molar-refractivity contribution in [3.63, 3.8) is 0 Å². The molecule has 0 aliphatic rings. The molecule has 18 heavy (non-hydrogen) atoms. The van der Waals surface area contributed by atoms with Crippen LogP contribution in [-0.2, 0) is 0 Å². The predicted octanol–water partition coefficient (Wildman–Crippen LogP) is 0.820. The van der Waals surface area contributed by atoms with Gasteiger partial charge in [-0.3, -0.25) is 5.10 Å². The van der Waals surface area contributed by atoms with Crippen LogP contribution in [0.4, 0.5) is 5.95 Å². The van der Waals surface area contributed by atoms with Gasteiger partial charge in [0.05, 0.1) is 6.61 Å². The smallest absolute Gasteiger partial charge is 0.322 e. The molecule has 2 aromatic heterocycles. The highest BCUT2D eigenvalue weighted by atomic mass is 32.2. The Bertz CT molecular complexity index is 529. The molecule has 0 spiro atoms. The number of nitrogens with one attached hydrogen (secondary N) is 1. The second kappa shape index (κ2) is 5.63. The van der Waals surface area contributed by atoms with E-state index in [0.29, 0.717) is 16.9 Å². The van der Waals surface area contributed by atoms with Crippen LogP contribution in [-0.4, -0.2) is 36.7 Å². The minimum absolute atomic E-state index is 0.117. The van der Waals surface area contributed by atoms with E-state index < -0.39 is 0 Å². The number of nitrogens with zero attached hydrogens (tertiary/aromatic N) is 5. The number of aryl methyl sites for hydroxylation is 1. The normalized spacial score (nSPS) is 10.6. The molecule has 0 radical (unpaired) electrons. The molecule has 0 atom stereocenters. The summed E-state index contributed by atoms with van der Waals surface area (Å²) in [6.07, 6.45) is 0.869. The van der Waals surface area contributed by atoms with E-state index in [1.807, 2.05) is 13.8 Å². The molecule has 0 aliphatic carbocycles. The quantitative estimate of drug-likeness (QED) is 0.818. The van der Waals surface area contributed by atoms with Crippen molar-refractivity contribution < 1.29 is 4.74 Å². The number of ether oxygens (including phenoxy) is 1. The van der Waals surface area contributed by atoms with Gasteiger partial charge in [-0.2, -0.15) is 15.0 Å². The SMILES string of the molecule is CCCOc1nc(N)nc(Sc2n[nH]c(C)n2)n1. The maximum absolute atomic E-state index is 5.59. The average molecular weight is 267 g/mol. The van der Waals surface area contributed by atoms with Crippen LogP contribution in [0.1, 0.15) is 19.2 Å². The van der Waals surface area contributed by atoms with Crippen LogP contribution in [0.25, 0.3) is 0 Å². The Hall–Kier alpha value is -1.90. The molecule has 2 heterocycles. The summed E-state index contributed by atoms with van der Waals surface area (Å²) in [7, 11) is 0. The second-order valence-corrected chi connectivity index (χ2v) is 4.35. The minimum Gasteiger partial charge on any atom is -0.463 e. The summed E-state index contributed by atoms with van der Waals surface area (Å²) in [6, 6.07) is 0.221. The number of hydrogen-bond acceptors (Lipinski definition) is 8. The largest absolute Gasteiger partial charge is 0.463 e. The number of nitrogen functional groups attached to an aromatic ring is 1. The van der Waals surface area contributed by atoms with Gasteiger partial charge in [-0.25, -0.2) is 4.98 Å². The Morgan fingerprint density at radius 2 is 2.06 bits per heavy atom. The van der Waals surface area contributed by atoms with Crippen LogP contribution in [0, 0.1) is 6.92 Å². The second-order valence-electron chi connectivity index (χ2n) is 3.41. The van der Waals surface area contributed by atoms with Crippen LogP contribution >= 0.6 is 11.8 Å². The predicted molar refractivity (Wildman–Crippen MR) is 65.3 cm³/mol. The highest BCUT2D eigenvalue weighted by molar-refractivity contribution is 7.99. The van der Waals surface area contributed by atoms with Gasteiger partial charge < -0.3 is 10.5 Å². The lowest BCUT2D eigenvalue weighted by Gasteiger charge is -2.03. The third kappa shape index (κ3) is 3.29. The van der Waals surface area contributed by atoms with Gasteiger partial charge in [-0.15, -0.1) is 5.10 Å². The molecular formula is C9H13N7OS. The minimum atomic E-state index is 0.117. The molecule has 3 N–H and O–H groups in total. The monoisotopic (exact) mass is 267 g/mol. The summed E-state index contributed by atoms with van der Waals surface area (Å²) in [4.78, 5) is 16.1. The Kier molecular flexibility index (Phi) is 3.92. The van der Waals surface area contributed by atoms with Crippen molar-refractivity contribution in [1.29, 1.82) is 0 Å². The van der Waals surface area contributed by atoms with Crippen LogP contribution in [0.15, 0.2) is 10.3 Å². The van der Waals surface area contributed by atoms with Crippen LogP contribution in [0.5, 0.6) is 6.01 Å². The van der Waals surface area contributed by atoms with Crippen molar-refractivity contribution in [3.05, 3.63) is 5.82 Å². The summed E-state index contributed by atoms with van der Waals surface area (Å²) in [6.45, 7) is 4.35.